The van der Waals surface area contributed by atoms with E-state index in [1.165, 1.54) is 5.56 Å². The Bertz CT molecular complexity index is 722. The molecule has 0 saturated heterocycles. The fourth-order valence-corrected chi connectivity index (χ4v) is 2.58. The van der Waals surface area contributed by atoms with Gasteiger partial charge in [0.25, 0.3) is 5.91 Å². The molecule has 5 heteroatoms. The topological polar surface area (TPSA) is 92.4 Å². The Morgan fingerprint density at radius 1 is 1.04 bits per heavy atom. The molecule has 0 radical (unpaired) electrons. The Hall–Kier alpha value is -2.50. The molecule has 0 aliphatic carbocycles. The summed E-state index contributed by atoms with van der Waals surface area (Å²) in [4.78, 5) is 24.0. The Balaban J connectivity index is 2.12. The monoisotopic (exact) mass is 340 g/mol. The van der Waals surface area contributed by atoms with Crippen LogP contribution in [0.15, 0.2) is 48.5 Å². The SMILES string of the molecule is CCc1ccc(-c2ccc(C(=O)N[C@H](C(=O)CO)[C@@H](C)N)cc2)cc1. The third-order valence-corrected chi connectivity index (χ3v) is 4.16. The van der Waals surface area contributed by atoms with Crippen molar-refractivity contribution in [1.82, 2.24) is 5.32 Å². The summed E-state index contributed by atoms with van der Waals surface area (Å²) in [5.74, 6) is -0.895. The van der Waals surface area contributed by atoms with E-state index in [1.54, 1.807) is 19.1 Å². The number of nitrogens with two attached hydrogens (primary N) is 1. The summed E-state index contributed by atoms with van der Waals surface area (Å²) in [6.07, 6.45) is 0.993. The highest BCUT2D eigenvalue weighted by Crippen LogP contribution is 2.20. The van der Waals surface area contributed by atoms with Gasteiger partial charge in [-0.1, -0.05) is 43.3 Å². The third-order valence-electron chi connectivity index (χ3n) is 4.16. The van der Waals surface area contributed by atoms with Gasteiger partial charge in [-0.3, -0.25) is 9.59 Å². The molecule has 2 aromatic rings. The van der Waals surface area contributed by atoms with Gasteiger partial charge in [-0.05, 0) is 42.2 Å². The molecule has 0 aliphatic heterocycles. The van der Waals surface area contributed by atoms with Crippen molar-refractivity contribution >= 4 is 11.7 Å². The third kappa shape index (κ3) is 4.75. The Morgan fingerprint density at radius 2 is 1.56 bits per heavy atom. The molecule has 4 N–H and O–H groups in total. The summed E-state index contributed by atoms with van der Waals surface area (Å²) >= 11 is 0. The maximum atomic E-state index is 12.3. The van der Waals surface area contributed by atoms with Crippen molar-refractivity contribution < 1.29 is 14.7 Å². The molecular weight excluding hydrogens is 316 g/mol. The smallest absolute Gasteiger partial charge is 0.251 e. The van der Waals surface area contributed by atoms with Crippen LogP contribution in [0, 0.1) is 0 Å². The Labute approximate surface area is 147 Å². The van der Waals surface area contributed by atoms with Crippen LogP contribution in [0.4, 0.5) is 0 Å². The van der Waals surface area contributed by atoms with Gasteiger partial charge in [0.2, 0.25) is 0 Å². The summed E-state index contributed by atoms with van der Waals surface area (Å²) in [5.41, 5.74) is 9.51. The maximum Gasteiger partial charge on any atom is 0.251 e. The van der Waals surface area contributed by atoms with Crippen LogP contribution in [0.25, 0.3) is 11.1 Å². The van der Waals surface area contributed by atoms with Crippen LogP contribution in [-0.4, -0.2) is 35.5 Å². The number of hydrogen-bond acceptors (Lipinski definition) is 4. The normalized spacial score (nSPS) is 13.1. The zero-order valence-corrected chi connectivity index (χ0v) is 14.5. The zero-order chi connectivity index (χ0) is 18.4. The first-order valence-electron chi connectivity index (χ1n) is 8.35. The van der Waals surface area contributed by atoms with Crippen LogP contribution in [0.2, 0.25) is 0 Å². The molecule has 5 nitrogen and oxygen atoms in total. The van der Waals surface area contributed by atoms with E-state index in [2.05, 4.69) is 36.5 Å². The molecule has 2 atom stereocenters. The molecular formula is C20H24N2O3. The number of Topliss-reactive ketones (excluding diaryl/α,β-unsaturated/α-hetero) is 1. The molecule has 0 spiro atoms. The minimum Gasteiger partial charge on any atom is -0.388 e. The molecule has 0 heterocycles. The van der Waals surface area contributed by atoms with Crippen molar-refractivity contribution in [2.75, 3.05) is 6.61 Å². The molecule has 0 aromatic heterocycles. The molecule has 25 heavy (non-hydrogen) atoms. The van der Waals surface area contributed by atoms with Crippen molar-refractivity contribution in [2.24, 2.45) is 5.73 Å². The number of hydrogen-bond donors (Lipinski definition) is 3. The molecule has 1 amide bonds. The van der Waals surface area contributed by atoms with E-state index in [4.69, 9.17) is 10.8 Å². The van der Waals surface area contributed by atoms with Crippen LogP contribution in [0.1, 0.15) is 29.8 Å². The number of rotatable bonds is 7. The summed E-state index contributed by atoms with van der Waals surface area (Å²) in [7, 11) is 0. The zero-order valence-electron chi connectivity index (χ0n) is 14.5. The Morgan fingerprint density at radius 3 is 2.00 bits per heavy atom. The molecule has 0 unspecified atom stereocenters. The lowest BCUT2D eigenvalue weighted by atomic mass is 10.0. The predicted molar refractivity (Wildman–Crippen MR) is 98.3 cm³/mol. The number of carbonyl (C=O) groups excluding carboxylic acids is 2. The van der Waals surface area contributed by atoms with Crippen molar-refractivity contribution in [3.63, 3.8) is 0 Å². The molecule has 0 bridgehead atoms. The number of nitrogens with one attached hydrogen (secondary N) is 1. The van der Waals surface area contributed by atoms with Crippen LogP contribution in [-0.2, 0) is 11.2 Å². The first kappa shape index (κ1) is 18.8. The van der Waals surface area contributed by atoms with Gasteiger partial charge in [-0.25, -0.2) is 0 Å². The minimum atomic E-state index is -0.904. The first-order valence-corrected chi connectivity index (χ1v) is 8.35. The van der Waals surface area contributed by atoms with Crippen LogP contribution >= 0.6 is 0 Å². The second-order valence-electron chi connectivity index (χ2n) is 6.06. The van der Waals surface area contributed by atoms with E-state index < -0.39 is 30.4 Å². The average molecular weight is 340 g/mol. The molecule has 0 fully saturated rings. The van der Waals surface area contributed by atoms with Crippen molar-refractivity contribution in [1.29, 1.82) is 0 Å². The number of aliphatic hydroxyl groups is 1. The predicted octanol–water partition coefficient (Wildman–Crippen LogP) is 1.92. The Kier molecular flexibility index (Phi) is 6.44. The van der Waals surface area contributed by atoms with Crippen molar-refractivity contribution in [3.05, 3.63) is 59.7 Å². The average Bonchev–Trinajstić information content (AvgIpc) is 2.65. The number of amides is 1. The standard InChI is InChI=1S/C20H24N2O3/c1-3-14-4-6-15(7-5-14)16-8-10-17(11-9-16)20(25)22-19(13(2)21)18(24)12-23/h4-11,13,19,23H,3,12,21H2,1-2H3,(H,22,25)/t13-,19+/m1/s1. The number of carbonyl (C=O) groups is 2. The van der Waals surface area contributed by atoms with Gasteiger partial charge >= 0.3 is 0 Å². The highest BCUT2D eigenvalue weighted by Gasteiger charge is 2.24. The largest absolute Gasteiger partial charge is 0.388 e. The fraction of sp³-hybridized carbons (Fsp3) is 0.300. The lowest BCUT2D eigenvalue weighted by Crippen LogP contribution is -2.52. The van der Waals surface area contributed by atoms with Gasteiger partial charge in [-0.2, -0.15) is 0 Å². The van der Waals surface area contributed by atoms with E-state index >= 15 is 0 Å². The van der Waals surface area contributed by atoms with Crippen LogP contribution in [0.3, 0.4) is 0 Å². The quantitative estimate of drug-likeness (QED) is 0.718. The summed E-state index contributed by atoms with van der Waals surface area (Å²) in [6, 6.07) is 13.9. The fourth-order valence-electron chi connectivity index (χ4n) is 2.58. The molecule has 2 aromatic carbocycles. The van der Waals surface area contributed by atoms with Gasteiger partial charge < -0.3 is 16.2 Å². The van der Waals surface area contributed by atoms with Crippen molar-refractivity contribution in [2.45, 2.75) is 32.4 Å². The van der Waals surface area contributed by atoms with Gasteiger partial charge in [0.15, 0.2) is 5.78 Å². The number of ketones is 1. The second-order valence-corrected chi connectivity index (χ2v) is 6.06. The van der Waals surface area contributed by atoms with Gasteiger partial charge in [-0.15, -0.1) is 0 Å². The van der Waals surface area contributed by atoms with Gasteiger partial charge in [0, 0.05) is 11.6 Å². The van der Waals surface area contributed by atoms with Gasteiger partial charge in [0.05, 0.1) is 0 Å². The lowest BCUT2D eigenvalue weighted by Gasteiger charge is -2.20. The van der Waals surface area contributed by atoms with E-state index in [0.717, 1.165) is 17.5 Å². The highest BCUT2D eigenvalue weighted by atomic mass is 16.3. The molecule has 2 rings (SSSR count). The number of aryl methyl sites for hydroxylation is 1. The molecule has 0 saturated carbocycles. The summed E-state index contributed by atoms with van der Waals surface area (Å²) in [5, 5.41) is 11.6. The van der Waals surface area contributed by atoms with E-state index in [-0.39, 0.29) is 0 Å². The number of aliphatic hydroxyl groups excluding tert-OH is 1. The lowest BCUT2D eigenvalue weighted by molar-refractivity contribution is -0.123. The first-order chi connectivity index (χ1) is 12.0. The van der Waals surface area contributed by atoms with E-state index in [1.807, 2.05) is 12.1 Å². The van der Waals surface area contributed by atoms with E-state index in [0.29, 0.717) is 5.56 Å². The molecule has 0 aliphatic rings. The van der Waals surface area contributed by atoms with Crippen molar-refractivity contribution in [3.8, 4) is 11.1 Å². The van der Waals surface area contributed by atoms with Crippen LogP contribution < -0.4 is 11.1 Å². The summed E-state index contributed by atoms with van der Waals surface area (Å²) < 4.78 is 0. The van der Waals surface area contributed by atoms with Gasteiger partial charge in [0.1, 0.15) is 12.6 Å². The van der Waals surface area contributed by atoms with E-state index in [9.17, 15) is 9.59 Å². The maximum absolute atomic E-state index is 12.3. The second kappa shape index (κ2) is 8.55. The highest BCUT2D eigenvalue weighted by molar-refractivity contribution is 5.98. The molecule has 132 valence electrons. The van der Waals surface area contributed by atoms with Crippen LogP contribution in [0.5, 0.6) is 0 Å². The summed E-state index contributed by atoms with van der Waals surface area (Å²) in [6.45, 7) is 3.07. The number of benzene rings is 2. The minimum absolute atomic E-state index is 0.392.